The van der Waals surface area contributed by atoms with Gasteiger partial charge in [0.25, 0.3) is 5.91 Å². The molecule has 0 saturated carbocycles. The first-order valence-corrected chi connectivity index (χ1v) is 16.1. The molecule has 5 heteroatoms. The average molecular weight is 592 g/mol. The molecule has 2 aliphatic rings. The van der Waals surface area contributed by atoms with Crippen molar-refractivity contribution in [1.82, 2.24) is 9.47 Å². The topological polar surface area (TPSA) is 32.4 Å². The average Bonchev–Trinajstić information content (AvgIpc) is 3.65. The molecule has 0 N–H and O–H groups in total. The molecule has 0 spiro atoms. The highest BCUT2D eigenvalue weighted by atomic mass is 16.2. The zero-order chi connectivity index (χ0) is 30.7. The van der Waals surface area contributed by atoms with Crippen LogP contribution in [0.25, 0.3) is 21.8 Å². The fourth-order valence-corrected chi connectivity index (χ4v) is 7.85. The van der Waals surface area contributed by atoms with Gasteiger partial charge < -0.3 is 9.80 Å². The highest BCUT2D eigenvalue weighted by Gasteiger charge is 2.55. The van der Waals surface area contributed by atoms with Crippen LogP contribution in [0, 0.1) is 13.8 Å². The van der Waals surface area contributed by atoms with Crippen LogP contribution in [0.5, 0.6) is 0 Å². The quantitative estimate of drug-likeness (QED) is 0.191. The molecular weight excluding hydrogens is 552 g/mol. The van der Waals surface area contributed by atoms with Crippen LogP contribution in [0.15, 0.2) is 116 Å². The molecular formula is C40H39N4O+. The van der Waals surface area contributed by atoms with Gasteiger partial charge in [-0.1, -0.05) is 91.9 Å². The van der Waals surface area contributed by atoms with Crippen molar-refractivity contribution < 1.29 is 9.36 Å². The number of nitrogens with zero attached hydrogens (tertiary/aromatic N) is 4. The normalized spacial score (nSPS) is 19.0. The molecule has 0 bridgehead atoms. The monoisotopic (exact) mass is 591 g/mol. The van der Waals surface area contributed by atoms with E-state index in [1.54, 1.807) is 0 Å². The Bertz CT molecular complexity index is 2080. The predicted octanol–water partition coefficient (Wildman–Crippen LogP) is 7.28. The first-order valence-electron chi connectivity index (χ1n) is 16.1. The van der Waals surface area contributed by atoms with Crippen molar-refractivity contribution in [3.63, 3.8) is 0 Å². The van der Waals surface area contributed by atoms with Gasteiger partial charge in [-0.2, -0.15) is 0 Å². The van der Waals surface area contributed by atoms with E-state index in [4.69, 9.17) is 0 Å². The Morgan fingerprint density at radius 2 is 1.56 bits per heavy atom. The molecule has 5 aromatic carbocycles. The molecule has 2 unspecified atom stereocenters. The number of hydrogen-bond donors (Lipinski definition) is 0. The number of anilines is 1. The van der Waals surface area contributed by atoms with Gasteiger partial charge in [0.15, 0.2) is 17.6 Å². The van der Waals surface area contributed by atoms with Gasteiger partial charge in [-0.05, 0) is 83.1 Å². The SMILES string of the molecule is Cc1cc2c(cc1C)[n+](Cc1ccc3ccccc3c1)cn2CC(=O)N1CCC2(C)c3ccccc3N(Cc3ccccc3)C12. The van der Waals surface area contributed by atoms with E-state index in [9.17, 15) is 4.79 Å². The molecule has 6 aromatic rings. The van der Waals surface area contributed by atoms with Gasteiger partial charge in [-0.25, -0.2) is 9.13 Å². The third-order valence-electron chi connectivity index (χ3n) is 10.3. The Hall–Kier alpha value is -4.90. The maximum Gasteiger partial charge on any atom is 0.266 e. The number of imidazole rings is 1. The van der Waals surface area contributed by atoms with Gasteiger partial charge in [0, 0.05) is 24.2 Å². The Kier molecular flexibility index (Phi) is 6.52. The molecule has 0 aliphatic carbocycles. The van der Waals surface area contributed by atoms with Gasteiger partial charge in [0.2, 0.25) is 6.33 Å². The first kappa shape index (κ1) is 27.6. The van der Waals surface area contributed by atoms with Crippen molar-refractivity contribution in [3.05, 3.63) is 143 Å². The van der Waals surface area contributed by atoms with Gasteiger partial charge in [0.05, 0.1) is 0 Å². The molecule has 224 valence electrons. The lowest BCUT2D eigenvalue weighted by Gasteiger charge is -2.36. The Morgan fingerprint density at radius 1 is 0.822 bits per heavy atom. The van der Waals surface area contributed by atoms with Crippen molar-refractivity contribution in [1.29, 1.82) is 0 Å². The molecule has 1 aromatic heterocycles. The van der Waals surface area contributed by atoms with E-state index in [-0.39, 0.29) is 17.5 Å². The number of carbonyl (C=O) groups excluding carboxylic acids is 1. The van der Waals surface area contributed by atoms with E-state index >= 15 is 0 Å². The number of hydrogen-bond acceptors (Lipinski definition) is 2. The molecule has 2 atom stereocenters. The van der Waals surface area contributed by atoms with Crippen LogP contribution in [-0.2, 0) is 29.8 Å². The second kappa shape index (κ2) is 10.6. The van der Waals surface area contributed by atoms with E-state index < -0.39 is 0 Å². The van der Waals surface area contributed by atoms with Crippen molar-refractivity contribution in [2.75, 3.05) is 11.4 Å². The summed E-state index contributed by atoms with van der Waals surface area (Å²) < 4.78 is 4.48. The number of benzene rings is 5. The lowest BCUT2D eigenvalue weighted by Crippen LogP contribution is -2.51. The summed E-state index contributed by atoms with van der Waals surface area (Å²) >= 11 is 0. The van der Waals surface area contributed by atoms with E-state index in [2.05, 4.69) is 155 Å². The fraction of sp³-hybridized carbons (Fsp3) is 0.250. The summed E-state index contributed by atoms with van der Waals surface area (Å²) in [6.45, 7) is 9.27. The Balaban J connectivity index is 1.13. The zero-order valence-electron chi connectivity index (χ0n) is 26.3. The van der Waals surface area contributed by atoms with E-state index in [0.717, 1.165) is 37.1 Å². The molecule has 8 rings (SSSR count). The van der Waals surface area contributed by atoms with E-state index in [0.29, 0.717) is 6.54 Å². The van der Waals surface area contributed by atoms with Crippen LogP contribution >= 0.6 is 0 Å². The molecule has 0 radical (unpaired) electrons. The van der Waals surface area contributed by atoms with Crippen LogP contribution in [0.1, 0.15) is 41.2 Å². The van der Waals surface area contributed by atoms with Crippen LogP contribution in [-0.4, -0.2) is 28.1 Å². The highest BCUT2D eigenvalue weighted by Crippen LogP contribution is 2.52. The summed E-state index contributed by atoms with van der Waals surface area (Å²) in [5, 5.41) is 2.50. The molecule has 3 heterocycles. The summed E-state index contributed by atoms with van der Waals surface area (Å²) in [6, 6.07) is 39.1. The van der Waals surface area contributed by atoms with Crippen LogP contribution < -0.4 is 9.47 Å². The summed E-state index contributed by atoms with van der Waals surface area (Å²) in [5.41, 5.74) is 9.75. The highest BCUT2D eigenvalue weighted by molar-refractivity contribution is 5.84. The standard InChI is InChI=1S/C40H39N4O/c1-28-21-36-37(22-29(28)2)42(27-41(36)24-31-17-18-32-13-7-8-14-33(32)23-31)26-38(45)43-20-19-40(3)34-15-9-10-16-35(34)44(39(40)43)25-30-11-5-4-6-12-30/h4-18,21-23,27,39H,19-20,24-26H2,1-3H3/q+1. The van der Waals surface area contributed by atoms with Gasteiger partial charge >= 0.3 is 0 Å². The third-order valence-corrected chi connectivity index (χ3v) is 10.3. The maximum atomic E-state index is 14.4. The minimum atomic E-state index is -0.108. The summed E-state index contributed by atoms with van der Waals surface area (Å²) in [5.74, 6) is 0.169. The number of fused-ring (bicyclic) bond motifs is 5. The van der Waals surface area contributed by atoms with Gasteiger partial charge in [0.1, 0.15) is 12.7 Å². The number of aromatic nitrogens is 2. The van der Waals surface area contributed by atoms with Crippen LogP contribution in [0.4, 0.5) is 5.69 Å². The zero-order valence-corrected chi connectivity index (χ0v) is 26.3. The summed E-state index contributed by atoms with van der Waals surface area (Å²) in [4.78, 5) is 19.1. The Labute approximate surface area is 264 Å². The number of rotatable bonds is 6. The molecule has 45 heavy (non-hydrogen) atoms. The molecule has 1 fully saturated rings. The predicted molar refractivity (Wildman–Crippen MR) is 181 cm³/mol. The third kappa shape index (κ3) is 4.61. The minimum Gasteiger partial charge on any atom is -0.346 e. The van der Waals surface area contributed by atoms with Crippen molar-refractivity contribution in [2.24, 2.45) is 0 Å². The van der Waals surface area contributed by atoms with Gasteiger partial charge in [-0.15, -0.1) is 0 Å². The van der Waals surface area contributed by atoms with Crippen molar-refractivity contribution >= 4 is 33.4 Å². The van der Waals surface area contributed by atoms with E-state index in [1.165, 1.54) is 44.3 Å². The van der Waals surface area contributed by atoms with Crippen LogP contribution in [0.2, 0.25) is 0 Å². The second-order valence-corrected chi connectivity index (χ2v) is 13.2. The summed E-state index contributed by atoms with van der Waals surface area (Å²) in [7, 11) is 0. The lowest BCUT2D eigenvalue weighted by molar-refractivity contribution is -0.663. The smallest absolute Gasteiger partial charge is 0.266 e. The fourth-order valence-electron chi connectivity index (χ4n) is 7.85. The Morgan fingerprint density at radius 3 is 2.40 bits per heavy atom. The van der Waals surface area contributed by atoms with Crippen molar-refractivity contribution in [3.8, 4) is 0 Å². The summed E-state index contributed by atoms with van der Waals surface area (Å²) in [6.07, 6.45) is 3.09. The first-order chi connectivity index (χ1) is 21.9. The molecule has 1 saturated heterocycles. The largest absolute Gasteiger partial charge is 0.346 e. The van der Waals surface area contributed by atoms with Gasteiger partial charge in [-0.3, -0.25) is 4.79 Å². The number of carbonyl (C=O) groups is 1. The lowest BCUT2D eigenvalue weighted by atomic mass is 9.81. The van der Waals surface area contributed by atoms with E-state index in [1.807, 2.05) is 0 Å². The molecule has 1 amide bonds. The number of amides is 1. The number of para-hydroxylation sites is 1. The van der Waals surface area contributed by atoms with Crippen LogP contribution in [0.3, 0.4) is 0 Å². The second-order valence-electron chi connectivity index (χ2n) is 13.2. The molecule has 2 aliphatic heterocycles. The number of likely N-dealkylation sites (tertiary alicyclic amines) is 1. The minimum absolute atomic E-state index is 0.0156. The van der Waals surface area contributed by atoms with Crippen molar-refractivity contribution in [2.45, 2.75) is 58.4 Å². The number of aryl methyl sites for hydroxylation is 2. The molecule has 5 nitrogen and oxygen atoms in total. The maximum absolute atomic E-state index is 14.4.